The van der Waals surface area contributed by atoms with Crippen LogP contribution in [0.3, 0.4) is 0 Å². The van der Waals surface area contributed by atoms with Gasteiger partial charge in [0.2, 0.25) is 5.91 Å². The zero-order valence-corrected chi connectivity index (χ0v) is 59.5. The fourth-order valence-electron chi connectivity index (χ4n) is 9.68. The molecule has 1 amide bonds. The van der Waals surface area contributed by atoms with E-state index in [9.17, 15) is 33.9 Å². The number of aliphatic carboxylic acids is 2. The Labute approximate surface area is 575 Å². The number of hydrogen-bond acceptors (Lipinski definition) is 14. The summed E-state index contributed by atoms with van der Waals surface area (Å²) in [6.07, 6.45) is 42.8. The summed E-state index contributed by atoms with van der Waals surface area (Å²) >= 11 is 17.4. The van der Waals surface area contributed by atoms with E-state index < -0.39 is 34.4 Å². The molecule has 0 radical (unpaired) electrons. The van der Waals surface area contributed by atoms with Gasteiger partial charge in [-0.1, -0.05) is 258 Å². The van der Waals surface area contributed by atoms with E-state index in [2.05, 4.69) is 54.1 Å². The van der Waals surface area contributed by atoms with E-state index in [1.54, 1.807) is 97.2 Å². The quantitative estimate of drug-likeness (QED) is 0.0192. The maximum absolute atomic E-state index is 12.2. The Hall–Kier alpha value is -5.70. The smallest absolute Gasteiger partial charge is 0.328 e. The fraction of sp³-hybridized carbons (Fsp3) is 0.479. The summed E-state index contributed by atoms with van der Waals surface area (Å²) in [6.45, 7) is 16.1. The van der Waals surface area contributed by atoms with Crippen LogP contribution >= 0.6 is 71.5 Å². The number of unbranched alkanes of at least 4 members (excludes halogenated alkanes) is 18. The molecule has 3 N–H and O–H groups in total. The second-order valence-electron chi connectivity index (χ2n) is 22.8. The molecule has 0 saturated heterocycles. The van der Waals surface area contributed by atoms with E-state index in [1.807, 2.05) is 60.7 Å². The SMILES string of the molecule is C=Cc1ccc(CN2C=CC(=O)CC2=O)cc1.C=Cc1ccncc1.CCCCCCCCCCCCSC(=S)SC(C)C(=O)O.CCCCCCCCCCCCSC(=S)SC(CC(CC(C)C(=O)O)c1ccncc1)c1ccc(Cn2ccc(=O)[nH]c2=O)cc1. The number of pyridine rings is 2. The second kappa shape index (κ2) is 49.8. The number of carboxylic acid groups (broad SMARTS) is 2. The van der Waals surface area contributed by atoms with Gasteiger partial charge in [0.25, 0.3) is 5.56 Å². The summed E-state index contributed by atoms with van der Waals surface area (Å²) < 4.78 is 3.14. The Bertz CT molecular complexity index is 3090. The molecule has 6 rings (SSSR count). The van der Waals surface area contributed by atoms with Gasteiger partial charge in [-0.2, -0.15) is 0 Å². The minimum Gasteiger partial charge on any atom is -0.481 e. The molecule has 0 fully saturated rings. The van der Waals surface area contributed by atoms with Crippen LogP contribution < -0.4 is 11.2 Å². The second-order valence-corrected chi connectivity index (χ2v) is 30.0. The van der Waals surface area contributed by atoms with Gasteiger partial charge >= 0.3 is 17.6 Å². The minimum absolute atomic E-state index is 0.0146. The van der Waals surface area contributed by atoms with Gasteiger partial charge in [0.1, 0.15) is 12.3 Å². The zero-order chi connectivity index (χ0) is 67.1. The first-order valence-corrected chi connectivity index (χ1v) is 37.2. The van der Waals surface area contributed by atoms with Gasteiger partial charge in [0.05, 0.1) is 25.4 Å². The molecule has 19 heteroatoms. The monoisotopic (exact) mass is 1370 g/mol. The first-order valence-electron chi connectivity index (χ1n) is 32.6. The molecular formula is C73H99N5O8S6. The summed E-state index contributed by atoms with van der Waals surface area (Å²) in [5.74, 6) is -0.311. The van der Waals surface area contributed by atoms with Crippen LogP contribution in [0, 0.1) is 5.92 Å². The van der Waals surface area contributed by atoms with Crippen molar-refractivity contribution in [2.75, 3.05) is 11.5 Å². The number of nitrogens with zero attached hydrogens (tertiary/aromatic N) is 4. The normalized spacial score (nSPS) is 13.0. The number of aromatic nitrogens is 4. The van der Waals surface area contributed by atoms with Crippen molar-refractivity contribution in [1.29, 1.82) is 0 Å². The Morgan fingerprint density at radius 1 is 0.587 bits per heavy atom. The lowest BCUT2D eigenvalue weighted by Crippen LogP contribution is -2.30. The van der Waals surface area contributed by atoms with Gasteiger partial charge in [-0.15, -0.1) is 23.5 Å². The molecule has 1 aliphatic rings. The molecule has 0 aliphatic carbocycles. The molecule has 3 aromatic heterocycles. The third kappa shape index (κ3) is 36.7. The number of hydrogen-bond donors (Lipinski definition) is 3. The molecule has 92 heavy (non-hydrogen) atoms. The number of carbonyl (C=O) groups excluding carboxylic acids is 2. The highest BCUT2D eigenvalue weighted by molar-refractivity contribution is 8.47. The highest BCUT2D eigenvalue weighted by Gasteiger charge is 2.26. The predicted octanol–water partition coefficient (Wildman–Crippen LogP) is 19.0. The summed E-state index contributed by atoms with van der Waals surface area (Å²) in [7, 11) is 0. The topological polar surface area (TPSA) is 193 Å². The van der Waals surface area contributed by atoms with Crippen LogP contribution in [0.1, 0.15) is 220 Å². The first kappa shape index (κ1) is 80.5. The van der Waals surface area contributed by atoms with Crippen LogP contribution in [0.2, 0.25) is 0 Å². The number of allylic oxidation sites excluding steroid dienone is 1. The van der Waals surface area contributed by atoms with Gasteiger partial charge in [-0.25, -0.2) is 4.79 Å². The first-order chi connectivity index (χ1) is 44.5. The number of benzene rings is 2. The number of H-pyrrole nitrogens is 1. The van der Waals surface area contributed by atoms with Gasteiger partial charge in [-0.05, 0) is 114 Å². The molecular weight excluding hydrogens is 1270 g/mol. The number of ketones is 1. The van der Waals surface area contributed by atoms with Crippen LogP contribution in [0.4, 0.5) is 0 Å². The summed E-state index contributed by atoms with van der Waals surface area (Å²) in [5, 5.41) is 18.1. The van der Waals surface area contributed by atoms with Crippen LogP contribution in [-0.2, 0) is 32.3 Å². The number of thiocarbonyl (C=S) groups is 2. The van der Waals surface area contributed by atoms with E-state index in [0.717, 1.165) is 64.8 Å². The van der Waals surface area contributed by atoms with E-state index in [0.29, 0.717) is 19.5 Å². The van der Waals surface area contributed by atoms with Crippen molar-refractivity contribution in [3.63, 3.8) is 0 Å². The van der Waals surface area contributed by atoms with Crippen LogP contribution in [0.25, 0.3) is 12.2 Å². The van der Waals surface area contributed by atoms with Gasteiger partial charge in [0.15, 0.2) is 5.78 Å². The minimum atomic E-state index is -0.798. The van der Waals surface area contributed by atoms with Crippen molar-refractivity contribution in [3.05, 3.63) is 189 Å². The third-order valence-corrected chi connectivity index (χ3v) is 20.9. The Kier molecular flexibility index (Phi) is 43.6. The predicted molar refractivity (Wildman–Crippen MR) is 399 cm³/mol. The van der Waals surface area contributed by atoms with E-state index in [4.69, 9.17) is 29.5 Å². The largest absolute Gasteiger partial charge is 0.481 e. The summed E-state index contributed by atoms with van der Waals surface area (Å²) in [5.41, 5.74) is 5.44. The van der Waals surface area contributed by atoms with E-state index >= 15 is 0 Å². The lowest BCUT2D eigenvalue weighted by molar-refractivity contribution is -0.141. The Balaban J connectivity index is 0.000000390. The Morgan fingerprint density at radius 3 is 1.52 bits per heavy atom. The van der Waals surface area contributed by atoms with Crippen molar-refractivity contribution in [2.24, 2.45) is 5.92 Å². The number of carbonyl (C=O) groups is 4. The molecule has 0 saturated carbocycles. The van der Waals surface area contributed by atoms with Crippen molar-refractivity contribution >= 4 is 114 Å². The number of nitrogens with one attached hydrogen (secondary N) is 1. The fourth-order valence-corrected chi connectivity index (χ4v) is 15.1. The van der Waals surface area contributed by atoms with Gasteiger partial charge in [-0.3, -0.25) is 43.5 Å². The number of rotatable bonds is 38. The molecule has 5 aromatic rings. The van der Waals surface area contributed by atoms with Crippen molar-refractivity contribution < 1.29 is 29.4 Å². The average molecular weight is 1370 g/mol. The molecule has 13 nitrogen and oxygen atoms in total. The van der Waals surface area contributed by atoms with Crippen molar-refractivity contribution in [2.45, 2.75) is 205 Å². The van der Waals surface area contributed by atoms with Crippen LogP contribution in [0.5, 0.6) is 0 Å². The molecule has 2 aromatic carbocycles. The van der Waals surface area contributed by atoms with E-state index in [1.165, 1.54) is 157 Å². The maximum Gasteiger partial charge on any atom is 0.328 e. The number of aromatic amines is 1. The molecule has 4 unspecified atom stereocenters. The van der Waals surface area contributed by atoms with Crippen LogP contribution in [-0.4, -0.2) is 82.1 Å². The molecule has 1 aliphatic heterocycles. The highest BCUT2D eigenvalue weighted by atomic mass is 32.2. The van der Waals surface area contributed by atoms with Crippen LogP contribution in [0.15, 0.2) is 145 Å². The third-order valence-electron chi connectivity index (χ3n) is 15.2. The molecule has 4 atom stereocenters. The number of thioether (sulfide) groups is 4. The highest BCUT2D eigenvalue weighted by Crippen LogP contribution is 2.43. The Morgan fingerprint density at radius 2 is 1.05 bits per heavy atom. The summed E-state index contributed by atoms with van der Waals surface area (Å²) in [4.78, 5) is 80.6. The molecule has 0 spiro atoms. The molecule has 4 heterocycles. The maximum atomic E-state index is 12.2. The lowest BCUT2D eigenvalue weighted by atomic mass is 9.85. The average Bonchev–Trinajstić information content (AvgIpc) is 1.30. The van der Waals surface area contributed by atoms with Gasteiger partial charge in [0, 0.05) is 48.5 Å². The zero-order valence-electron chi connectivity index (χ0n) is 54.6. The standard InChI is InChI=1S/C36H49N3O4S3.C16H30O2S3.C14H13NO2.C7H7N/c1-3-4-5-6-7-8-9-10-11-12-23-45-36(44)46-32(25-31(24-27(2)34(41)42)29-17-20-37-21-18-29)30-15-13-28(14-16-30)26-39-22-19-33(40)38-35(39)43;1-3-4-5-6-7-8-9-10-11-12-13-20-16(19)21-14(2)15(17)18;1-2-11-3-5-12(6-4-11)10-15-8-7-13(16)9-14(15)17;1-2-7-3-5-8-6-4-7/h13-22,27,31-32H,3-12,23-26H2,1-2H3,(H,41,42)(H,38,40,43);14H,3-13H2,1-2H3,(H,17,18);2-8H,1,9-10H2;2-6H,1H2. The van der Waals surface area contributed by atoms with Crippen molar-refractivity contribution in [1.82, 2.24) is 24.4 Å². The lowest BCUT2D eigenvalue weighted by Gasteiger charge is -2.26. The molecule has 500 valence electrons. The van der Waals surface area contributed by atoms with E-state index in [-0.39, 0.29) is 29.3 Å². The summed E-state index contributed by atoms with van der Waals surface area (Å²) in [6, 6.07) is 25.1. The van der Waals surface area contributed by atoms with Gasteiger partial charge < -0.3 is 15.1 Å². The molecule has 0 bridgehead atoms. The number of carboxylic acids is 2. The van der Waals surface area contributed by atoms with Crippen molar-refractivity contribution in [3.8, 4) is 0 Å². The number of amides is 1.